The second kappa shape index (κ2) is 4.64. The molecule has 17 heavy (non-hydrogen) atoms. The van der Waals surface area contributed by atoms with Crippen LogP contribution in [-0.2, 0) is 10.0 Å². The van der Waals surface area contributed by atoms with Crippen molar-refractivity contribution in [2.24, 2.45) is 11.1 Å². The van der Waals surface area contributed by atoms with Gasteiger partial charge in [-0.2, -0.15) is 0 Å². The first-order valence-corrected chi connectivity index (χ1v) is 7.04. The molecule has 0 saturated carbocycles. The van der Waals surface area contributed by atoms with E-state index in [1.165, 1.54) is 6.07 Å². The Hall–Kier alpha value is -1.11. The summed E-state index contributed by atoms with van der Waals surface area (Å²) in [5, 5.41) is 14.3. The summed E-state index contributed by atoms with van der Waals surface area (Å²) < 4.78 is 22.9. The maximum Gasteiger partial charge on any atom is 0.240 e. The van der Waals surface area contributed by atoms with Gasteiger partial charge in [0.15, 0.2) is 0 Å². The first-order valence-electron chi connectivity index (χ1n) is 5.50. The molecular weight excluding hydrogens is 240 g/mol. The molecule has 1 aliphatic heterocycles. The first kappa shape index (κ1) is 12.3. The van der Waals surface area contributed by atoms with E-state index in [-0.39, 0.29) is 17.4 Å². The zero-order valence-corrected chi connectivity index (χ0v) is 10.2. The predicted molar refractivity (Wildman–Crippen MR) is 65.2 cm³/mol. The van der Waals surface area contributed by atoms with Crippen molar-refractivity contribution in [1.82, 2.24) is 0 Å². The number of rotatable bonds is 3. The van der Waals surface area contributed by atoms with E-state index in [2.05, 4.69) is 0 Å². The van der Waals surface area contributed by atoms with Gasteiger partial charge in [-0.05, 0) is 18.6 Å². The van der Waals surface area contributed by atoms with E-state index in [0.717, 1.165) is 13.0 Å². The van der Waals surface area contributed by atoms with Crippen molar-refractivity contribution in [1.29, 1.82) is 0 Å². The SMILES string of the molecule is NS(=O)(=O)c1ccccc1N1CCC(CO)C1. The van der Waals surface area contributed by atoms with Gasteiger partial charge >= 0.3 is 0 Å². The highest BCUT2D eigenvalue weighted by molar-refractivity contribution is 7.89. The number of aliphatic hydroxyl groups is 1. The highest BCUT2D eigenvalue weighted by atomic mass is 32.2. The number of aliphatic hydroxyl groups excluding tert-OH is 1. The van der Waals surface area contributed by atoms with Crippen LogP contribution in [0.5, 0.6) is 0 Å². The van der Waals surface area contributed by atoms with Crippen molar-refractivity contribution < 1.29 is 13.5 Å². The van der Waals surface area contributed by atoms with Crippen molar-refractivity contribution in [2.45, 2.75) is 11.3 Å². The molecule has 6 heteroatoms. The Balaban J connectivity index is 2.34. The van der Waals surface area contributed by atoms with Crippen LogP contribution in [0.3, 0.4) is 0 Å². The lowest BCUT2D eigenvalue weighted by Crippen LogP contribution is -2.24. The fourth-order valence-electron chi connectivity index (χ4n) is 2.16. The Kier molecular flexibility index (Phi) is 3.37. The van der Waals surface area contributed by atoms with Gasteiger partial charge in [-0.1, -0.05) is 12.1 Å². The minimum absolute atomic E-state index is 0.133. The fraction of sp³-hybridized carbons (Fsp3) is 0.455. The highest BCUT2D eigenvalue weighted by Crippen LogP contribution is 2.28. The van der Waals surface area contributed by atoms with Crippen molar-refractivity contribution in [3.05, 3.63) is 24.3 Å². The molecule has 0 amide bonds. The standard InChI is InChI=1S/C11H16N2O3S/c12-17(15,16)11-4-2-1-3-10(11)13-6-5-9(7-13)8-14/h1-4,9,14H,5-8H2,(H2,12,15,16). The number of anilines is 1. The normalized spacial score (nSPS) is 20.8. The average Bonchev–Trinajstić information content (AvgIpc) is 2.76. The molecule has 1 fully saturated rings. The molecule has 1 aromatic carbocycles. The molecule has 3 N–H and O–H groups in total. The van der Waals surface area contributed by atoms with Gasteiger partial charge in [0.2, 0.25) is 10.0 Å². The summed E-state index contributed by atoms with van der Waals surface area (Å²) in [6.45, 7) is 1.55. The Labute approximate surface area is 101 Å². The van der Waals surface area contributed by atoms with Crippen molar-refractivity contribution in [3.63, 3.8) is 0 Å². The van der Waals surface area contributed by atoms with Gasteiger partial charge in [0, 0.05) is 25.6 Å². The van der Waals surface area contributed by atoms with E-state index in [9.17, 15) is 8.42 Å². The van der Waals surface area contributed by atoms with Crippen LogP contribution < -0.4 is 10.0 Å². The number of benzene rings is 1. The van der Waals surface area contributed by atoms with Gasteiger partial charge in [-0.15, -0.1) is 0 Å². The zero-order chi connectivity index (χ0) is 12.5. The summed E-state index contributed by atoms with van der Waals surface area (Å²) in [6.07, 6.45) is 0.870. The third-order valence-corrected chi connectivity index (χ3v) is 4.01. The molecule has 1 heterocycles. The van der Waals surface area contributed by atoms with E-state index in [0.29, 0.717) is 12.2 Å². The number of sulfonamides is 1. The summed E-state index contributed by atoms with van der Waals surface area (Å²) in [5.74, 6) is 0.212. The summed E-state index contributed by atoms with van der Waals surface area (Å²) >= 11 is 0. The highest BCUT2D eigenvalue weighted by Gasteiger charge is 2.25. The van der Waals surface area contributed by atoms with Crippen LogP contribution in [-0.4, -0.2) is 33.2 Å². The number of nitrogens with zero attached hydrogens (tertiary/aromatic N) is 1. The first-order chi connectivity index (χ1) is 8.02. The minimum Gasteiger partial charge on any atom is -0.396 e. The molecule has 94 valence electrons. The molecule has 1 saturated heterocycles. The average molecular weight is 256 g/mol. The molecule has 1 atom stereocenters. The van der Waals surface area contributed by atoms with Crippen LogP contribution in [0.1, 0.15) is 6.42 Å². The second-order valence-electron chi connectivity index (χ2n) is 4.30. The maximum atomic E-state index is 11.5. The topological polar surface area (TPSA) is 83.6 Å². The van der Waals surface area contributed by atoms with Crippen LogP contribution in [0.25, 0.3) is 0 Å². The molecular formula is C11H16N2O3S. The maximum absolute atomic E-state index is 11.5. The molecule has 0 aromatic heterocycles. The van der Waals surface area contributed by atoms with Crippen LogP contribution in [0.2, 0.25) is 0 Å². The van der Waals surface area contributed by atoms with Gasteiger partial charge in [-0.25, -0.2) is 13.6 Å². The third kappa shape index (κ3) is 2.59. The number of hydrogen-bond acceptors (Lipinski definition) is 4. The summed E-state index contributed by atoms with van der Waals surface area (Å²) in [7, 11) is -3.70. The molecule has 5 nitrogen and oxygen atoms in total. The van der Waals surface area contributed by atoms with Crippen LogP contribution in [0, 0.1) is 5.92 Å². The van der Waals surface area contributed by atoms with Crippen molar-refractivity contribution >= 4 is 15.7 Å². The minimum atomic E-state index is -3.70. The summed E-state index contributed by atoms with van der Waals surface area (Å²) in [4.78, 5) is 2.11. The van der Waals surface area contributed by atoms with Gasteiger partial charge in [0.25, 0.3) is 0 Å². The third-order valence-electron chi connectivity index (χ3n) is 3.06. The van der Waals surface area contributed by atoms with E-state index in [1.54, 1.807) is 18.2 Å². The van der Waals surface area contributed by atoms with Crippen LogP contribution in [0.4, 0.5) is 5.69 Å². The van der Waals surface area contributed by atoms with Crippen LogP contribution in [0.15, 0.2) is 29.2 Å². The largest absolute Gasteiger partial charge is 0.396 e. The molecule has 2 rings (SSSR count). The van der Waals surface area contributed by atoms with Crippen LogP contribution >= 0.6 is 0 Å². The molecule has 0 spiro atoms. The zero-order valence-electron chi connectivity index (χ0n) is 9.41. The lowest BCUT2D eigenvalue weighted by atomic mass is 10.1. The van der Waals surface area contributed by atoms with Crippen molar-refractivity contribution in [2.75, 3.05) is 24.6 Å². The Morgan fingerprint density at radius 3 is 2.71 bits per heavy atom. The monoisotopic (exact) mass is 256 g/mol. The molecule has 0 radical (unpaired) electrons. The lowest BCUT2D eigenvalue weighted by Gasteiger charge is -2.20. The predicted octanol–water partition coefficient (Wildman–Crippen LogP) is 0.153. The number of hydrogen-bond donors (Lipinski definition) is 2. The molecule has 1 aliphatic rings. The molecule has 1 aromatic rings. The van der Waals surface area contributed by atoms with Gasteiger partial charge in [-0.3, -0.25) is 0 Å². The van der Waals surface area contributed by atoms with Gasteiger partial charge in [0.05, 0.1) is 5.69 Å². The van der Waals surface area contributed by atoms with E-state index in [4.69, 9.17) is 10.2 Å². The fourth-order valence-corrected chi connectivity index (χ4v) is 2.92. The Morgan fingerprint density at radius 1 is 1.41 bits per heavy atom. The van der Waals surface area contributed by atoms with E-state index in [1.807, 2.05) is 4.90 Å². The molecule has 0 aliphatic carbocycles. The number of primary sulfonamides is 1. The summed E-state index contributed by atoms with van der Waals surface area (Å²) in [5.41, 5.74) is 0.631. The lowest BCUT2D eigenvalue weighted by molar-refractivity contribution is 0.238. The Bertz CT molecular complexity index is 501. The Morgan fingerprint density at radius 2 is 2.12 bits per heavy atom. The van der Waals surface area contributed by atoms with Gasteiger partial charge < -0.3 is 10.0 Å². The second-order valence-corrected chi connectivity index (χ2v) is 5.83. The number of para-hydroxylation sites is 1. The smallest absolute Gasteiger partial charge is 0.240 e. The van der Waals surface area contributed by atoms with Gasteiger partial charge in [0.1, 0.15) is 4.90 Å². The summed E-state index contributed by atoms with van der Waals surface area (Å²) in [6, 6.07) is 6.70. The van der Waals surface area contributed by atoms with Crippen molar-refractivity contribution in [3.8, 4) is 0 Å². The molecule has 1 unspecified atom stereocenters. The number of nitrogens with two attached hydrogens (primary N) is 1. The molecule has 0 bridgehead atoms. The quantitative estimate of drug-likeness (QED) is 0.806. The van der Waals surface area contributed by atoms with E-state index >= 15 is 0 Å². The van der Waals surface area contributed by atoms with E-state index < -0.39 is 10.0 Å².